The summed E-state index contributed by atoms with van der Waals surface area (Å²) in [6.07, 6.45) is 4.79. The van der Waals surface area contributed by atoms with Crippen molar-refractivity contribution < 1.29 is 24.3 Å². The van der Waals surface area contributed by atoms with Crippen molar-refractivity contribution in [1.29, 1.82) is 0 Å². The van der Waals surface area contributed by atoms with Gasteiger partial charge in [-0.05, 0) is 26.3 Å². The Kier molecular flexibility index (Phi) is 11.6. The third kappa shape index (κ3) is 9.36. The van der Waals surface area contributed by atoms with Crippen LogP contribution in [0.1, 0.15) is 31.9 Å². The second-order valence-electron chi connectivity index (χ2n) is 7.05. The maximum absolute atomic E-state index is 12.6. The number of unbranched alkanes of at least 4 members (excludes halogenated alkanes) is 1. The van der Waals surface area contributed by atoms with Crippen LogP contribution in [0.5, 0.6) is 0 Å². The van der Waals surface area contributed by atoms with Gasteiger partial charge in [-0.2, -0.15) is 12.6 Å². The first-order valence-corrected chi connectivity index (χ1v) is 10.5. The summed E-state index contributed by atoms with van der Waals surface area (Å²) in [6, 6.07) is -4.07. The summed E-state index contributed by atoms with van der Waals surface area (Å²) in [6.45, 7) is 1.96. The van der Waals surface area contributed by atoms with Gasteiger partial charge in [0.25, 0.3) is 0 Å². The first-order chi connectivity index (χ1) is 14.7. The predicted molar refractivity (Wildman–Crippen MR) is 116 cm³/mol. The van der Waals surface area contributed by atoms with Crippen LogP contribution in [-0.4, -0.2) is 75.2 Å². The highest BCUT2D eigenvalue weighted by Crippen LogP contribution is 2.02. The molecule has 0 aliphatic rings. The van der Waals surface area contributed by atoms with Crippen molar-refractivity contribution in [1.82, 2.24) is 25.9 Å². The average molecular weight is 458 g/mol. The molecule has 1 heterocycles. The molecular weight excluding hydrogens is 426 g/mol. The van der Waals surface area contributed by atoms with Crippen molar-refractivity contribution in [2.45, 2.75) is 56.8 Å². The fourth-order valence-corrected chi connectivity index (χ4v) is 2.85. The summed E-state index contributed by atoms with van der Waals surface area (Å²) in [5.41, 5.74) is 11.8. The number of carboxylic acid groups (broad SMARTS) is 1. The molecule has 0 bridgehead atoms. The smallest absolute Gasteiger partial charge is 0.327 e. The van der Waals surface area contributed by atoms with E-state index in [1.54, 1.807) is 0 Å². The van der Waals surface area contributed by atoms with Crippen LogP contribution in [0.2, 0.25) is 0 Å². The van der Waals surface area contributed by atoms with E-state index in [2.05, 4.69) is 38.5 Å². The number of amides is 3. The molecule has 12 nitrogen and oxygen atoms in total. The summed E-state index contributed by atoms with van der Waals surface area (Å²) in [7, 11) is 0. The van der Waals surface area contributed by atoms with E-state index in [-0.39, 0.29) is 12.2 Å². The second-order valence-corrected chi connectivity index (χ2v) is 7.41. The van der Waals surface area contributed by atoms with E-state index in [0.29, 0.717) is 25.1 Å². The van der Waals surface area contributed by atoms with Crippen LogP contribution in [-0.2, 0) is 25.6 Å². The number of imidazole rings is 1. The number of H-pyrrole nitrogens is 1. The topological polar surface area (TPSA) is 205 Å². The second kappa shape index (κ2) is 13.6. The molecule has 1 aromatic heterocycles. The van der Waals surface area contributed by atoms with E-state index in [4.69, 9.17) is 16.6 Å². The Morgan fingerprint density at radius 3 is 2.35 bits per heavy atom. The third-order valence-electron chi connectivity index (χ3n) is 4.47. The van der Waals surface area contributed by atoms with Crippen molar-refractivity contribution in [3.63, 3.8) is 0 Å². The van der Waals surface area contributed by atoms with Gasteiger partial charge in [0.05, 0.1) is 12.4 Å². The lowest BCUT2D eigenvalue weighted by atomic mass is 10.1. The minimum Gasteiger partial charge on any atom is -0.480 e. The van der Waals surface area contributed by atoms with Gasteiger partial charge < -0.3 is 37.5 Å². The zero-order valence-electron chi connectivity index (χ0n) is 17.3. The van der Waals surface area contributed by atoms with E-state index in [0.717, 1.165) is 6.42 Å². The zero-order valence-corrected chi connectivity index (χ0v) is 18.2. The molecule has 4 atom stereocenters. The number of aromatic nitrogens is 2. The van der Waals surface area contributed by atoms with Crippen LogP contribution in [0.15, 0.2) is 12.5 Å². The van der Waals surface area contributed by atoms with Crippen molar-refractivity contribution in [3.8, 4) is 0 Å². The Balaban J connectivity index is 2.76. The van der Waals surface area contributed by atoms with Crippen molar-refractivity contribution in [2.75, 3.05) is 12.3 Å². The third-order valence-corrected chi connectivity index (χ3v) is 4.83. The minimum atomic E-state index is -1.25. The Labute approximate surface area is 185 Å². The molecule has 0 radical (unpaired) electrons. The molecule has 0 saturated heterocycles. The zero-order chi connectivity index (χ0) is 23.4. The maximum atomic E-state index is 12.6. The van der Waals surface area contributed by atoms with E-state index in [9.17, 15) is 19.2 Å². The number of nitrogens with zero attached hydrogens (tertiary/aromatic N) is 1. The monoisotopic (exact) mass is 457 g/mol. The molecule has 0 aliphatic heterocycles. The summed E-state index contributed by atoms with van der Waals surface area (Å²) in [5, 5.41) is 16.5. The van der Waals surface area contributed by atoms with E-state index >= 15 is 0 Å². The molecule has 0 spiro atoms. The number of carbonyl (C=O) groups excluding carboxylic acids is 3. The maximum Gasteiger partial charge on any atom is 0.327 e. The first-order valence-electron chi connectivity index (χ1n) is 9.87. The SMILES string of the molecule is CC(NC(=O)C(N)CCCCN)C(=O)NC(Cc1cnc[nH]1)C(=O)NC(CS)C(=O)O. The average Bonchev–Trinajstić information content (AvgIpc) is 3.24. The first kappa shape index (κ1) is 26.4. The Morgan fingerprint density at radius 2 is 1.81 bits per heavy atom. The molecule has 0 saturated carbocycles. The molecule has 31 heavy (non-hydrogen) atoms. The number of aromatic amines is 1. The molecule has 1 aromatic rings. The number of nitrogens with two attached hydrogens (primary N) is 2. The molecule has 0 fully saturated rings. The number of hydrogen-bond donors (Lipinski definition) is 8. The van der Waals surface area contributed by atoms with Crippen LogP contribution in [0.4, 0.5) is 0 Å². The summed E-state index contributed by atoms with van der Waals surface area (Å²) in [4.78, 5) is 55.2. The van der Waals surface area contributed by atoms with Gasteiger partial charge in [0, 0.05) is 24.1 Å². The van der Waals surface area contributed by atoms with Gasteiger partial charge in [-0.15, -0.1) is 0 Å². The van der Waals surface area contributed by atoms with Crippen LogP contribution in [0.3, 0.4) is 0 Å². The van der Waals surface area contributed by atoms with Crippen LogP contribution in [0.25, 0.3) is 0 Å². The fourth-order valence-electron chi connectivity index (χ4n) is 2.61. The van der Waals surface area contributed by atoms with Gasteiger partial charge in [-0.3, -0.25) is 14.4 Å². The van der Waals surface area contributed by atoms with E-state index < -0.39 is 47.9 Å². The normalized spacial score (nSPS) is 14.7. The van der Waals surface area contributed by atoms with Gasteiger partial charge in [0.1, 0.15) is 18.1 Å². The van der Waals surface area contributed by atoms with Crippen molar-refractivity contribution >= 4 is 36.3 Å². The van der Waals surface area contributed by atoms with Crippen LogP contribution in [0, 0.1) is 0 Å². The van der Waals surface area contributed by atoms with Gasteiger partial charge in [0.15, 0.2) is 0 Å². The van der Waals surface area contributed by atoms with Gasteiger partial charge in [-0.1, -0.05) is 6.42 Å². The summed E-state index contributed by atoms with van der Waals surface area (Å²) >= 11 is 3.91. The molecule has 1 rings (SSSR count). The lowest BCUT2D eigenvalue weighted by molar-refractivity contribution is -0.141. The quantitative estimate of drug-likeness (QED) is 0.114. The minimum absolute atomic E-state index is 0.0375. The Morgan fingerprint density at radius 1 is 1.13 bits per heavy atom. The fraction of sp³-hybridized carbons (Fsp3) is 0.611. The molecule has 174 valence electrons. The standard InChI is InChI=1S/C18H31N7O5S/c1-10(23-16(27)12(20)4-2-3-5-19)15(26)24-13(6-11-7-21-9-22-11)17(28)25-14(8-31)18(29)30/h7,9-10,12-14,31H,2-6,8,19-20H2,1H3,(H,21,22)(H,23,27)(H,24,26)(H,25,28)(H,29,30). The van der Waals surface area contributed by atoms with E-state index in [1.807, 2.05) is 0 Å². The molecule has 13 heteroatoms. The predicted octanol–water partition coefficient (Wildman–Crippen LogP) is -2.10. The van der Waals surface area contributed by atoms with Gasteiger partial charge in [-0.25, -0.2) is 9.78 Å². The lowest BCUT2D eigenvalue weighted by Gasteiger charge is -2.23. The highest BCUT2D eigenvalue weighted by atomic mass is 32.1. The highest BCUT2D eigenvalue weighted by molar-refractivity contribution is 7.80. The number of carboxylic acids is 1. The number of thiol groups is 1. The number of hydrogen-bond acceptors (Lipinski definition) is 8. The Bertz CT molecular complexity index is 731. The van der Waals surface area contributed by atoms with E-state index in [1.165, 1.54) is 19.4 Å². The summed E-state index contributed by atoms with van der Waals surface area (Å²) < 4.78 is 0. The van der Waals surface area contributed by atoms with Crippen LogP contribution >= 0.6 is 12.6 Å². The largest absolute Gasteiger partial charge is 0.480 e. The Hall–Kier alpha value is -2.64. The number of carbonyl (C=O) groups is 4. The molecule has 3 amide bonds. The number of rotatable bonds is 14. The lowest BCUT2D eigenvalue weighted by Crippen LogP contribution is -2.57. The molecule has 4 unspecified atom stereocenters. The van der Waals surface area contributed by atoms with Crippen molar-refractivity contribution in [2.24, 2.45) is 11.5 Å². The van der Waals surface area contributed by atoms with Crippen LogP contribution < -0.4 is 27.4 Å². The van der Waals surface area contributed by atoms with Crippen molar-refractivity contribution in [3.05, 3.63) is 18.2 Å². The number of nitrogens with one attached hydrogen (secondary N) is 4. The van der Waals surface area contributed by atoms with Gasteiger partial charge in [0.2, 0.25) is 17.7 Å². The molecular formula is C18H31N7O5S. The molecule has 0 aromatic carbocycles. The molecule has 9 N–H and O–H groups in total. The highest BCUT2D eigenvalue weighted by Gasteiger charge is 2.28. The molecule has 0 aliphatic carbocycles. The van der Waals surface area contributed by atoms with Gasteiger partial charge >= 0.3 is 5.97 Å². The number of aliphatic carboxylic acids is 1. The summed E-state index contributed by atoms with van der Waals surface area (Å²) in [5.74, 6) is -3.20.